The van der Waals surface area contributed by atoms with E-state index in [0.29, 0.717) is 26.4 Å². The molecule has 0 atom stereocenters. The molecule has 0 bridgehead atoms. The minimum atomic E-state index is -3.24. The van der Waals surface area contributed by atoms with Crippen LogP contribution in [-0.4, -0.2) is 26.4 Å². The number of hydrogen-bond donors (Lipinski definition) is 0. The summed E-state index contributed by atoms with van der Waals surface area (Å²) in [5.74, 6) is 3.15. The molecule has 14 heteroatoms. The molecule has 0 aromatic carbocycles. The topological polar surface area (TPSA) is 71.1 Å². The van der Waals surface area contributed by atoms with Crippen LogP contribution < -0.4 is 0 Å². The van der Waals surface area contributed by atoms with Crippen LogP contribution >= 0.6 is 83.2 Å². The predicted molar refractivity (Wildman–Crippen MR) is 206 cm³/mol. The fraction of sp³-hybridized carbons (Fsp3) is 0.312. The smallest absolute Gasteiger partial charge is 0.306 e. The van der Waals surface area contributed by atoms with Crippen LogP contribution in [0.25, 0.3) is 59.9 Å². The summed E-state index contributed by atoms with van der Waals surface area (Å²) >= 11 is 10.9. The number of hydrogen-bond acceptors (Lipinski definition) is 12. The van der Waals surface area contributed by atoms with Gasteiger partial charge < -0.3 is 18.1 Å². The zero-order valence-corrected chi connectivity index (χ0v) is 32.9. The fourth-order valence-corrected chi connectivity index (χ4v) is 16.0. The van der Waals surface area contributed by atoms with Crippen LogP contribution in [0.2, 0.25) is 0 Å². The molecule has 6 nitrogen and oxygen atoms in total. The van der Waals surface area contributed by atoms with Crippen molar-refractivity contribution in [2.45, 2.75) is 41.5 Å². The summed E-state index contributed by atoms with van der Waals surface area (Å²) in [6.07, 6.45) is 3.70. The van der Waals surface area contributed by atoms with E-state index in [9.17, 15) is 9.13 Å². The number of fused-ring (bicyclic) bond motifs is 5. The molecule has 0 N–H and O–H groups in total. The van der Waals surface area contributed by atoms with Gasteiger partial charge in [0.15, 0.2) is 0 Å². The van der Waals surface area contributed by atoms with Gasteiger partial charge in [-0.3, -0.25) is 9.13 Å². The number of rotatable bonds is 14. The molecule has 6 heterocycles. The van der Waals surface area contributed by atoms with Crippen LogP contribution in [0.3, 0.4) is 0 Å². The van der Waals surface area contributed by atoms with Crippen molar-refractivity contribution in [1.29, 1.82) is 0 Å². The minimum absolute atomic E-state index is 0.334. The van der Waals surface area contributed by atoms with Gasteiger partial charge in [0.2, 0.25) is 0 Å². The molecule has 0 radical (unpaired) electrons. The number of thiophene rings is 6. The minimum Gasteiger partial charge on any atom is -0.306 e. The first-order chi connectivity index (χ1) is 22.1. The zero-order valence-electron chi connectivity index (χ0n) is 26.2. The molecule has 0 aliphatic rings. The van der Waals surface area contributed by atoms with Gasteiger partial charge in [-0.2, -0.15) is 0 Å². The molecule has 6 aromatic heterocycles. The van der Waals surface area contributed by atoms with Crippen LogP contribution in [0, 0.1) is 13.8 Å². The molecule has 0 amide bonds. The summed E-state index contributed by atoms with van der Waals surface area (Å²) in [4.78, 5) is 7.02. The lowest BCUT2D eigenvalue weighted by Crippen LogP contribution is -1.92. The number of aryl methyl sites for hydroxylation is 2. The second-order valence-corrected chi connectivity index (χ2v) is 20.2. The van der Waals surface area contributed by atoms with E-state index < -0.39 is 15.2 Å². The molecule has 0 saturated heterocycles. The highest BCUT2D eigenvalue weighted by atomic mass is 32.1. The van der Waals surface area contributed by atoms with E-state index in [-0.39, 0.29) is 0 Å². The maximum Gasteiger partial charge on any atom is 0.354 e. The van der Waals surface area contributed by atoms with Gasteiger partial charge in [-0.05, 0) is 89.1 Å². The van der Waals surface area contributed by atoms with Crippen LogP contribution in [0.5, 0.6) is 0 Å². The van der Waals surface area contributed by atoms with Crippen LogP contribution in [0.4, 0.5) is 0 Å². The molecule has 6 aromatic rings. The summed E-state index contributed by atoms with van der Waals surface area (Å²) in [7, 11) is -6.47. The Labute approximate surface area is 293 Å². The van der Waals surface area contributed by atoms with Crippen molar-refractivity contribution in [3.05, 3.63) is 56.8 Å². The standard InChI is InChI=1S/C32H34O6P2S6/c1-7-35-39(33,36-8-2)17-15-21-11-13-23(41-21)25-19(5)27-29(43-25)31-32(45-27)30-28(46-31)20(6)26(44-30)24-14-12-22(42-24)16-18-40(34,37-9-3)38-10-4/h11-18H,7-10H2,1-6H3/b17-15+,18-16+. The Morgan fingerprint density at radius 3 is 1.22 bits per heavy atom. The Morgan fingerprint density at radius 1 is 0.522 bits per heavy atom. The fourth-order valence-electron chi connectivity index (χ4n) is 5.03. The van der Waals surface area contributed by atoms with Crippen molar-refractivity contribution in [2.24, 2.45) is 0 Å². The summed E-state index contributed by atoms with van der Waals surface area (Å²) in [6, 6.07) is 8.43. The molecule has 0 aliphatic carbocycles. The largest absolute Gasteiger partial charge is 0.354 e. The van der Waals surface area contributed by atoms with Gasteiger partial charge in [-0.15, -0.1) is 68.0 Å². The molecule has 0 saturated carbocycles. The summed E-state index contributed by atoms with van der Waals surface area (Å²) in [5.41, 5.74) is 2.63. The first-order valence-electron chi connectivity index (χ1n) is 14.9. The molecule has 6 rings (SSSR count). The van der Waals surface area contributed by atoms with Crippen molar-refractivity contribution in [2.75, 3.05) is 26.4 Å². The molecule has 0 fully saturated rings. The second-order valence-electron chi connectivity index (χ2n) is 10.1. The summed E-state index contributed by atoms with van der Waals surface area (Å²) in [6.45, 7) is 13.0. The van der Waals surface area contributed by atoms with Crippen molar-refractivity contribution in [3.63, 3.8) is 0 Å². The van der Waals surface area contributed by atoms with Gasteiger partial charge in [0, 0.05) is 40.9 Å². The highest BCUT2D eigenvalue weighted by molar-refractivity contribution is 7.57. The molecule has 46 heavy (non-hydrogen) atoms. The first kappa shape index (κ1) is 34.6. The van der Waals surface area contributed by atoms with E-state index in [1.54, 1.807) is 34.3 Å². The Balaban J connectivity index is 1.29. The third kappa shape index (κ3) is 6.79. The Kier molecular flexibility index (Phi) is 10.8. The maximum atomic E-state index is 12.9. The molecule has 0 aliphatic heterocycles. The van der Waals surface area contributed by atoms with Gasteiger partial charge in [0.05, 0.1) is 54.6 Å². The second kappa shape index (κ2) is 14.3. The molecule has 0 spiro atoms. The normalized spacial score (nSPS) is 13.3. The summed E-state index contributed by atoms with van der Waals surface area (Å²) < 4.78 is 55.5. The monoisotopic (exact) mass is 768 g/mol. The Bertz CT molecular complexity index is 2000. The van der Waals surface area contributed by atoms with Crippen LogP contribution in [-0.2, 0) is 27.2 Å². The van der Waals surface area contributed by atoms with E-state index >= 15 is 0 Å². The molecule has 244 valence electrons. The third-order valence-corrected chi connectivity index (χ3v) is 18.9. The maximum absolute atomic E-state index is 12.9. The van der Waals surface area contributed by atoms with E-state index in [1.807, 2.05) is 85.2 Å². The van der Waals surface area contributed by atoms with Gasteiger partial charge in [-0.1, -0.05) is 0 Å². The van der Waals surface area contributed by atoms with E-state index in [1.165, 1.54) is 58.8 Å². The lowest BCUT2D eigenvalue weighted by atomic mass is 10.2. The van der Waals surface area contributed by atoms with E-state index in [2.05, 4.69) is 38.1 Å². The average molecular weight is 769 g/mol. The quantitative estimate of drug-likeness (QED) is 0.103. The third-order valence-electron chi connectivity index (χ3n) is 6.99. The van der Waals surface area contributed by atoms with Gasteiger partial charge in [-0.25, -0.2) is 0 Å². The predicted octanol–water partition coefficient (Wildman–Crippen LogP) is 13.9. The Hall–Kier alpha value is -1.24. The summed E-state index contributed by atoms with van der Waals surface area (Å²) in [5, 5.41) is 0. The van der Waals surface area contributed by atoms with E-state index in [4.69, 9.17) is 18.1 Å². The van der Waals surface area contributed by atoms with Crippen molar-refractivity contribution in [1.82, 2.24) is 0 Å². The zero-order chi connectivity index (χ0) is 32.6. The van der Waals surface area contributed by atoms with Gasteiger partial charge in [0.1, 0.15) is 0 Å². The lowest BCUT2D eigenvalue weighted by Gasteiger charge is -2.12. The lowest BCUT2D eigenvalue weighted by molar-refractivity contribution is 0.228. The van der Waals surface area contributed by atoms with Crippen molar-refractivity contribution in [3.8, 4) is 19.5 Å². The molecular weight excluding hydrogens is 735 g/mol. The highest BCUT2D eigenvalue weighted by Gasteiger charge is 2.24. The SMILES string of the molecule is CCOP(=O)(/C=C/c1ccc(-c2sc3c(sc4c5sc(-c6ccc(/C=C/P(=O)(OCC)OCC)s6)c(C)c5sc34)c2C)s1)OCC. The van der Waals surface area contributed by atoms with Crippen LogP contribution in [0.15, 0.2) is 35.9 Å². The Morgan fingerprint density at radius 2 is 0.870 bits per heavy atom. The van der Waals surface area contributed by atoms with Crippen LogP contribution in [0.1, 0.15) is 48.6 Å². The highest BCUT2D eigenvalue weighted by Crippen LogP contribution is 2.56. The van der Waals surface area contributed by atoms with Gasteiger partial charge in [0.25, 0.3) is 0 Å². The average Bonchev–Trinajstić information content (AvgIpc) is 3.85. The first-order valence-corrected chi connectivity index (χ1v) is 23.0. The van der Waals surface area contributed by atoms with E-state index in [0.717, 1.165) is 9.75 Å². The molecular formula is C32H34O6P2S6. The van der Waals surface area contributed by atoms with Gasteiger partial charge >= 0.3 is 15.2 Å². The van der Waals surface area contributed by atoms with Crippen molar-refractivity contribution >= 4 is 124 Å². The van der Waals surface area contributed by atoms with Crippen molar-refractivity contribution < 1.29 is 27.2 Å². The molecule has 0 unspecified atom stereocenters.